The highest BCUT2D eigenvalue weighted by atomic mass is 16.2. The quantitative estimate of drug-likeness (QED) is 0.808. The number of piperidine rings is 1. The van der Waals surface area contributed by atoms with Gasteiger partial charge in [0.05, 0.1) is 6.54 Å². The fourth-order valence-electron chi connectivity index (χ4n) is 5.12. The standard InChI is InChI=1S/C22H34N4O/c1-2-13-26-20-12-11-18(23-17-9-5-3-6-10-17)16-19(20)21(24-26)22(27)25-14-7-4-8-15-25/h2,17-18,23H,1,3-16H2/t18-/m0/s1. The van der Waals surface area contributed by atoms with E-state index in [4.69, 9.17) is 5.10 Å². The summed E-state index contributed by atoms with van der Waals surface area (Å²) < 4.78 is 2.02. The zero-order chi connectivity index (χ0) is 18.6. The van der Waals surface area contributed by atoms with Gasteiger partial charge in [0.25, 0.3) is 5.91 Å². The molecule has 148 valence electrons. The van der Waals surface area contributed by atoms with Gasteiger partial charge in [-0.05, 0) is 51.4 Å². The van der Waals surface area contributed by atoms with Crippen molar-refractivity contribution in [2.45, 2.75) is 89.3 Å². The lowest BCUT2D eigenvalue weighted by atomic mass is 9.88. The van der Waals surface area contributed by atoms with E-state index in [1.54, 1.807) is 0 Å². The number of hydrogen-bond donors (Lipinski definition) is 1. The van der Waals surface area contributed by atoms with Crippen molar-refractivity contribution in [3.8, 4) is 0 Å². The summed E-state index contributed by atoms with van der Waals surface area (Å²) in [6.45, 7) is 6.32. The van der Waals surface area contributed by atoms with E-state index in [0.717, 1.165) is 45.2 Å². The summed E-state index contributed by atoms with van der Waals surface area (Å²) in [6, 6.07) is 1.14. The highest BCUT2D eigenvalue weighted by Crippen LogP contribution is 2.28. The van der Waals surface area contributed by atoms with Crippen LogP contribution in [0.2, 0.25) is 0 Å². The minimum absolute atomic E-state index is 0.145. The Kier molecular flexibility index (Phi) is 5.96. The molecule has 2 aliphatic carbocycles. The summed E-state index contributed by atoms with van der Waals surface area (Å²) in [4.78, 5) is 15.2. The van der Waals surface area contributed by atoms with Crippen LogP contribution in [-0.2, 0) is 19.4 Å². The molecule has 5 nitrogen and oxygen atoms in total. The van der Waals surface area contributed by atoms with Gasteiger partial charge in [-0.25, -0.2) is 0 Å². The Morgan fingerprint density at radius 2 is 1.81 bits per heavy atom. The monoisotopic (exact) mass is 370 g/mol. The molecular formula is C22H34N4O. The van der Waals surface area contributed by atoms with Gasteiger partial charge in [-0.3, -0.25) is 9.48 Å². The number of amides is 1. The molecular weight excluding hydrogens is 336 g/mol. The van der Waals surface area contributed by atoms with Crippen molar-refractivity contribution >= 4 is 5.91 Å². The van der Waals surface area contributed by atoms with Crippen molar-refractivity contribution in [2.75, 3.05) is 13.1 Å². The van der Waals surface area contributed by atoms with E-state index in [1.165, 1.54) is 49.8 Å². The number of likely N-dealkylation sites (tertiary alicyclic amines) is 1. The van der Waals surface area contributed by atoms with E-state index >= 15 is 0 Å². The third-order valence-electron chi connectivity index (χ3n) is 6.57. The highest BCUT2D eigenvalue weighted by molar-refractivity contribution is 5.94. The van der Waals surface area contributed by atoms with E-state index in [2.05, 4.69) is 11.9 Å². The summed E-state index contributed by atoms with van der Waals surface area (Å²) in [6.07, 6.45) is 15.1. The fraction of sp³-hybridized carbons (Fsp3) is 0.727. The van der Waals surface area contributed by atoms with E-state index in [9.17, 15) is 4.79 Å². The summed E-state index contributed by atoms with van der Waals surface area (Å²) in [5, 5.41) is 8.67. The van der Waals surface area contributed by atoms with Crippen molar-refractivity contribution < 1.29 is 4.79 Å². The Morgan fingerprint density at radius 1 is 1.07 bits per heavy atom. The zero-order valence-electron chi connectivity index (χ0n) is 16.6. The van der Waals surface area contributed by atoms with E-state index < -0.39 is 0 Å². The number of nitrogens with one attached hydrogen (secondary N) is 1. The topological polar surface area (TPSA) is 50.2 Å². The maximum atomic E-state index is 13.2. The van der Waals surface area contributed by atoms with Crippen LogP contribution in [0.5, 0.6) is 0 Å². The van der Waals surface area contributed by atoms with Gasteiger partial charge in [0, 0.05) is 36.4 Å². The van der Waals surface area contributed by atoms with Gasteiger partial charge in [0.15, 0.2) is 5.69 Å². The molecule has 1 aliphatic heterocycles. The van der Waals surface area contributed by atoms with E-state index in [1.807, 2.05) is 15.7 Å². The fourth-order valence-corrected chi connectivity index (χ4v) is 5.12. The van der Waals surface area contributed by atoms with Crippen LogP contribution in [0, 0.1) is 0 Å². The summed E-state index contributed by atoms with van der Waals surface area (Å²) in [5.74, 6) is 0.145. The predicted molar refractivity (Wildman–Crippen MR) is 108 cm³/mol. The normalized spacial score (nSPS) is 23.9. The lowest BCUT2D eigenvalue weighted by Gasteiger charge is -2.31. The molecule has 27 heavy (non-hydrogen) atoms. The van der Waals surface area contributed by atoms with Crippen molar-refractivity contribution in [3.05, 3.63) is 29.6 Å². The first-order valence-corrected chi connectivity index (χ1v) is 11.0. The number of allylic oxidation sites excluding steroid dienone is 1. The van der Waals surface area contributed by atoms with Gasteiger partial charge in [-0.1, -0.05) is 25.3 Å². The van der Waals surface area contributed by atoms with Crippen LogP contribution in [-0.4, -0.2) is 45.8 Å². The average molecular weight is 371 g/mol. The first-order chi connectivity index (χ1) is 13.3. The minimum atomic E-state index is 0.145. The zero-order valence-corrected chi connectivity index (χ0v) is 16.6. The lowest BCUT2D eigenvalue weighted by molar-refractivity contribution is 0.0716. The second kappa shape index (κ2) is 8.59. The SMILES string of the molecule is C=CCn1nc(C(=O)N2CCCCC2)c2c1CC[C@H](NC1CCCCC1)C2. The van der Waals surface area contributed by atoms with Crippen LogP contribution in [0.25, 0.3) is 0 Å². The Bertz CT molecular complexity index is 668. The molecule has 1 atom stereocenters. The molecule has 0 unspecified atom stereocenters. The molecule has 1 aromatic rings. The number of hydrogen-bond acceptors (Lipinski definition) is 3. The van der Waals surface area contributed by atoms with Crippen molar-refractivity contribution in [1.29, 1.82) is 0 Å². The van der Waals surface area contributed by atoms with Crippen LogP contribution in [0.3, 0.4) is 0 Å². The number of aromatic nitrogens is 2. The second-order valence-corrected chi connectivity index (χ2v) is 8.54. The van der Waals surface area contributed by atoms with Crippen LogP contribution >= 0.6 is 0 Å². The van der Waals surface area contributed by atoms with Crippen LogP contribution < -0.4 is 5.32 Å². The lowest BCUT2D eigenvalue weighted by Crippen LogP contribution is -2.43. The highest BCUT2D eigenvalue weighted by Gasteiger charge is 2.32. The molecule has 0 spiro atoms. The van der Waals surface area contributed by atoms with Gasteiger partial charge in [0.1, 0.15) is 0 Å². The first kappa shape index (κ1) is 18.7. The predicted octanol–water partition coefficient (Wildman–Crippen LogP) is 3.47. The molecule has 5 heteroatoms. The largest absolute Gasteiger partial charge is 0.337 e. The number of carbonyl (C=O) groups is 1. The molecule has 3 aliphatic rings. The smallest absolute Gasteiger partial charge is 0.274 e. The maximum Gasteiger partial charge on any atom is 0.274 e. The summed E-state index contributed by atoms with van der Waals surface area (Å²) in [7, 11) is 0. The molecule has 2 fully saturated rings. The Hall–Kier alpha value is -1.62. The van der Waals surface area contributed by atoms with Crippen LogP contribution in [0.1, 0.15) is 79.5 Å². The molecule has 1 saturated heterocycles. The van der Waals surface area contributed by atoms with Gasteiger partial charge in [0.2, 0.25) is 0 Å². The van der Waals surface area contributed by atoms with E-state index in [0.29, 0.717) is 24.3 Å². The van der Waals surface area contributed by atoms with Gasteiger partial charge in [-0.15, -0.1) is 6.58 Å². The molecule has 0 radical (unpaired) electrons. The maximum absolute atomic E-state index is 13.2. The second-order valence-electron chi connectivity index (χ2n) is 8.54. The Balaban J connectivity index is 1.53. The molecule has 2 heterocycles. The molecule has 1 aromatic heterocycles. The first-order valence-electron chi connectivity index (χ1n) is 11.0. The number of fused-ring (bicyclic) bond motifs is 1. The number of nitrogens with zero attached hydrogens (tertiary/aromatic N) is 3. The van der Waals surface area contributed by atoms with Crippen molar-refractivity contribution in [2.24, 2.45) is 0 Å². The molecule has 4 rings (SSSR count). The minimum Gasteiger partial charge on any atom is -0.337 e. The van der Waals surface area contributed by atoms with Crippen molar-refractivity contribution in [1.82, 2.24) is 20.0 Å². The molecule has 1 N–H and O–H groups in total. The van der Waals surface area contributed by atoms with Crippen LogP contribution in [0.15, 0.2) is 12.7 Å². The summed E-state index contributed by atoms with van der Waals surface area (Å²) in [5.41, 5.74) is 3.17. The van der Waals surface area contributed by atoms with Gasteiger partial charge >= 0.3 is 0 Å². The van der Waals surface area contributed by atoms with Crippen LogP contribution in [0.4, 0.5) is 0 Å². The van der Waals surface area contributed by atoms with Gasteiger partial charge < -0.3 is 10.2 Å². The molecule has 1 saturated carbocycles. The van der Waals surface area contributed by atoms with E-state index in [-0.39, 0.29) is 5.91 Å². The Labute approximate surface area is 163 Å². The number of carbonyl (C=O) groups excluding carboxylic acids is 1. The third kappa shape index (κ3) is 4.13. The molecule has 0 bridgehead atoms. The third-order valence-corrected chi connectivity index (χ3v) is 6.57. The Morgan fingerprint density at radius 3 is 2.56 bits per heavy atom. The number of rotatable bonds is 5. The molecule has 1 amide bonds. The molecule has 0 aromatic carbocycles. The summed E-state index contributed by atoms with van der Waals surface area (Å²) >= 11 is 0. The van der Waals surface area contributed by atoms with Crippen molar-refractivity contribution in [3.63, 3.8) is 0 Å². The average Bonchev–Trinajstić information content (AvgIpc) is 3.07. The van der Waals surface area contributed by atoms with Gasteiger partial charge in [-0.2, -0.15) is 5.10 Å².